The Kier molecular flexibility index (Phi) is 6.34. The number of hydrogen-bond acceptors (Lipinski definition) is 6. The third kappa shape index (κ3) is 5.29. The molecule has 0 unspecified atom stereocenters. The quantitative estimate of drug-likeness (QED) is 0.840. The molecule has 1 atom stereocenters. The molecule has 154 valence electrons. The molecule has 2 fully saturated rings. The van der Waals surface area contributed by atoms with Crippen LogP contribution in [-0.2, 0) is 4.79 Å². The van der Waals surface area contributed by atoms with E-state index in [1.54, 1.807) is 18.5 Å². The fraction of sp³-hybridized carbons (Fsp3) is 0.545. The Labute approximate surface area is 172 Å². The first-order valence-corrected chi connectivity index (χ1v) is 10.7. The van der Waals surface area contributed by atoms with Gasteiger partial charge in [0, 0.05) is 37.1 Å². The minimum absolute atomic E-state index is 0.267. The molecule has 1 N–H and O–H groups in total. The highest BCUT2D eigenvalue weighted by atomic mass is 16.2. The average Bonchev–Trinajstić information content (AvgIpc) is 2.77. The lowest BCUT2D eigenvalue weighted by molar-refractivity contribution is -0.134. The number of carbonyl (C=O) groups excluding carboxylic acids is 1. The standard InChI is InChI=1S/C22H30N6O/c1-17-7-12-27(13-8-17)16-21(29)28-11-2-4-18(15-28)20-6-5-19(14-25-20)26-22-23-9-3-10-24-22/h3,5-6,9-10,14,17-18H,2,4,7-8,11-13,15-16H2,1H3,(H,23,24,26)/t18-/m0/s1. The molecule has 7 heteroatoms. The number of carbonyl (C=O) groups is 1. The second kappa shape index (κ2) is 9.31. The van der Waals surface area contributed by atoms with E-state index in [-0.39, 0.29) is 5.91 Å². The molecule has 0 saturated carbocycles. The van der Waals surface area contributed by atoms with Crippen LogP contribution in [0.5, 0.6) is 0 Å². The van der Waals surface area contributed by atoms with Crippen LogP contribution < -0.4 is 5.32 Å². The molecule has 4 rings (SSSR count). The first-order chi connectivity index (χ1) is 14.2. The second-order valence-corrected chi connectivity index (χ2v) is 8.31. The Hall–Kier alpha value is -2.54. The van der Waals surface area contributed by atoms with E-state index in [1.807, 2.05) is 17.2 Å². The highest BCUT2D eigenvalue weighted by Gasteiger charge is 2.27. The highest BCUT2D eigenvalue weighted by Crippen LogP contribution is 2.27. The van der Waals surface area contributed by atoms with E-state index in [4.69, 9.17) is 0 Å². The molecule has 0 bridgehead atoms. The smallest absolute Gasteiger partial charge is 0.236 e. The summed E-state index contributed by atoms with van der Waals surface area (Å²) in [7, 11) is 0. The monoisotopic (exact) mass is 394 g/mol. The van der Waals surface area contributed by atoms with Crippen molar-refractivity contribution in [1.82, 2.24) is 24.8 Å². The molecule has 2 aromatic heterocycles. The van der Waals surface area contributed by atoms with Gasteiger partial charge in [0.25, 0.3) is 0 Å². The zero-order valence-corrected chi connectivity index (χ0v) is 17.1. The largest absolute Gasteiger partial charge is 0.341 e. The molecule has 7 nitrogen and oxygen atoms in total. The zero-order valence-electron chi connectivity index (χ0n) is 17.1. The molecule has 2 saturated heterocycles. The number of nitrogens with zero attached hydrogens (tertiary/aromatic N) is 5. The van der Waals surface area contributed by atoms with Gasteiger partial charge in [-0.3, -0.25) is 14.7 Å². The number of piperidine rings is 2. The number of nitrogens with one attached hydrogen (secondary N) is 1. The summed E-state index contributed by atoms with van der Waals surface area (Å²) in [6, 6.07) is 5.85. The fourth-order valence-corrected chi connectivity index (χ4v) is 4.17. The van der Waals surface area contributed by atoms with Gasteiger partial charge in [-0.05, 0) is 62.9 Å². The van der Waals surface area contributed by atoms with Crippen molar-refractivity contribution in [1.29, 1.82) is 0 Å². The molecule has 2 aliphatic heterocycles. The van der Waals surface area contributed by atoms with Crippen molar-refractivity contribution < 1.29 is 4.79 Å². The van der Waals surface area contributed by atoms with Crippen molar-refractivity contribution in [3.63, 3.8) is 0 Å². The van der Waals surface area contributed by atoms with Crippen LogP contribution in [0.1, 0.15) is 44.2 Å². The molecular weight excluding hydrogens is 364 g/mol. The number of aromatic nitrogens is 3. The van der Waals surface area contributed by atoms with E-state index in [1.165, 1.54) is 12.8 Å². The third-order valence-corrected chi connectivity index (χ3v) is 6.04. The van der Waals surface area contributed by atoms with Gasteiger partial charge in [0.15, 0.2) is 0 Å². The molecule has 4 heterocycles. The summed E-state index contributed by atoms with van der Waals surface area (Å²) < 4.78 is 0. The summed E-state index contributed by atoms with van der Waals surface area (Å²) in [6.45, 7) is 6.59. The van der Waals surface area contributed by atoms with E-state index in [9.17, 15) is 4.79 Å². The SMILES string of the molecule is CC1CCN(CC(=O)N2CCC[C@H](c3ccc(Nc4ncccn4)cn3)C2)CC1. The number of pyridine rings is 1. The molecular formula is C22H30N6O. The fourth-order valence-electron chi connectivity index (χ4n) is 4.17. The van der Waals surface area contributed by atoms with Gasteiger partial charge in [0.1, 0.15) is 0 Å². The lowest BCUT2D eigenvalue weighted by atomic mass is 9.94. The Bertz CT molecular complexity index is 789. The van der Waals surface area contributed by atoms with Crippen LogP contribution in [0.4, 0.5) is 11.6 Å². The Morgan fingerprint density at radius 2 is 1.90 bits per heavy atom. The van der Waals surface area contributed by atoms with Crippen LogP contribution in [0.25, 0.3) is 0 Å². The van der Waals surface area contributed by atoms with Crippen LogP contribution in [-0.4, -0.2) is 63.4 Å². The van der Waals surface area contributed by atoms with Gasteiger partial charge in [-0.1, -0.05) is 6.92 Å². The second-order valence-electron chi connectivity index (χ2n) is 8.31. The molecule has 0 radical (unpaired) electrons. The van der Waals surface area contributed by atoms with E-state index in [0.29, 0.717) is 18.4 Å². The van der Waals surface area contributed by atoms with Crippen molar-refractivity contribution in [3.8, 4) is 0 Å². The zero-order chi connectivity index (χ0) is 20.1. The van der Waals surface area contributed by atoms with Crippen LogP contribution >= 0.6 is 0 Å². The van der Waals surface area contributed by atoms with Gasteiger partial charge in [0.2, 0.25) is 11.9 Å². The number of anilines is 2. The average molecular weight is 395 g/mol. The molecule has 0 aliphatic carbocycles. The van der Waals surface area contributed by atoms with Crippen molar-refractivity contribution in [3.05, 3.63) is 42.5 Å². The lowest BCUT2D eigenvalue weighted by Crippen LogP contribution is -2.46. The van der Waals surface area contributed by atoms with Crippen molar-refractivity contribution in [2.45, 2.75) is 38.5 Å². The predicted molar refractivity (Wildman–Crippen MR) is 113 cm³/mol. The van der Waals surface area contributed by atoms with Crippen molar-refractivity contribution in [2.75, 3.05) is 38.0 Å². The Morgan fingerprint density at radius 1 is 1.10 bits per heavy atom. The summed E-state index contributed by atoms with van der Waals surface area (Å²) in [5.74, 6) is 1.92. The van der Waals surface area contributed by atoms with Crippen LogP contribution in [0.2, 0.25) is 0 Å². The third-order valence-electron chi connectivity index (χ3n) is 6.04. The summed E-state index contributed by atoms with van der Waals surface area (Å²) in [6.07, 6.45) is 9.74. The minimum atomic E-state index is 0.267. The maximum Gasteiger partial charge on any atom is 0.236 e. The lowest BCUT2D eigenvalue weighted by Gasteiger charge is -2.35. The van der Waals surface area contributed by atoms with E-state index in [2.05, 4.69) is 38.2 Å². The van der Waals surface area contributed by atoms with Crippen LogP contribution in [0.15, 0.2) is 36.8 Å². The van der Waals surface area contributed by atoms with Gasteiger partial charge in [0.05, 0.1) is 18.4 Å². The van der Waals surface area contributed by atoms with Crippen molar-refractivity contribution >= 4 is 17.5 Å². The maximum absolute atomic E-state index is 12.8. The Balaban J connectivity index is 1.32. The summed E-state index contributed by atoms with van der Waals surface area (Å²) in [5.41, 5.74) is 1.91. The molecule has 2 aromatic rings. The number of likely N-dealkylation sites (tertiary alicyclic amines) is 2. The molecule has 0 spiro atoms. The number of rotatable bonds is 5. The summed E-state index contributed by atoms with van der Waals surface area (Å²) in [4.78, 5) is 30.2. The molecule has 1 amide bonds. The van der Waals surface area contributed by atoms with Crippen LogP contribution in [0.3, 0.4) is 0 Å². The Morgan fingerprint density at radius 3 is 2.62 bits per heavy atom. The van der Waals surface area contributed by atoms with E-state index < -0.39 is 0 Å². The van der Waals surface area contributed by atoms with Gasteiger partial charge in [-0.15, -0.1) is 0 Å². The van der Waals surface area contributed by atoms with Crippen LogP contribution in [0, 0.1) is 5.92 Å². The van der Waals surface area contributed by atoms with Gasteiger partial charge in [-0.25, -0.2) is 9.97 Å². The maximum atomic E-state index is 12.8. The van der Waals surface area contributed by atoms with Gasteiger partial charge < -0.3 is 10.2 Å². The molecule has 29 heavy (non-hydrogen) atoms. The van der Waals surface area contributed by atoms with Gasteiger partial charge >= 0.3 is 0 Å². The topological polar surface area (TPSA) is 74.2 Å². The highest BCUT2D eigenvalue weighted by molar-refractivity contribution is 5.78. The van der Waals surface area contributed by atoms with E-state index in [0.717, 1.165) is 56.3 Å². The summed E-state index contributed by atoms with van der Waals surface area (Å²) in [5, 5.41) is 3.15. The number of amides is 1. The van der Waals surface area contributed by atoms with E-state index >= 15 is 0 Å². The number of hydrogen-bond donors (Lipinski definition) is 1. The van der Waals surface area contributed by atoms with Crippen molar-refractivity contribution in [2.24, 2.45) is 5.92 Å². The first kappa shape index (κ1) is 19.8. The summed E-state index contributed by atoms with van der Waals surface area (Å²) >= 11 is 0. The predicted octanol–water partition coefficient (Wildman–Crippen LogP) is 3.05. The van der Waals surface area contributed by atoms with Gasteiger partial charge in [-0.2, -0.15) is 0 Å². The normalized spacial score (nSPS) is 21.1. The first-order valence-electron chi connectivity index (χ1n) is 10.7. The molecule has 2 aliphatic rings. The molecule has 0 aromatic carbocycles. The minimum Gasteiger partial charge on any atom is -0.341 e.